The molecule has 0 atom stereocenters. The quantitative estimate of drug-likeness (QED) is 0.865. The zero-order chi connectivity index (χ0) is 14.2. The zero-order valence-electron chi connectivity index (χ0n) is 10.7. The molecule has 1 aromatic heterocycles. The van der Waals surface area contributed by atoms with Gasteiger partial charge in [0.15, 0.2) is 5.69 Å². The van der Waals surface area contributed by atoms with Crippen molar-refractivity contribution >= 4 is 0 Å². The Kier molecular flexibility index (Phi) is 3.16. The first-order chi connectivity index (χ1) is 9.52. The average Bonchev–Trinajstić information content (AvgIpc) is 3.04. The maximum Gasteiger partial charge on any atom is 0.435 e. The summed E-state index contributed by atoms with van der Waals surface area (Å²) in [5.41, 5.74) is 1.40. The fraction of sp³-hybridized carbons (Fsp3) is 0.357. The van der Waals surface area contributed by atoms with Gasteiger partial charge in [-0.1, -0.05) is 12.1 Å². The lowest BCUT2D eigenvalue weighted by Crippen LogP contribution is -2.09. The molecular weight excluding hydrogens is 269 g/mol. The Morgan fingerprint density at radius 1 is 1.25 bits per heavy atom. The van der Waals surface area contributed by atoms with Gasteiger partial charge >= 0.3 is 6.18 Å². The van der Waals surface area contributed by atoms with Crippen molar-refractivity contribution in [2.24, 2.45) is 0 Å². The molecule has 106 valence electrons. The topological polar surface area (TPSA) is 27.1 Å². The predicted octanol–water partition coefficient (Wildman–Crippen LogP) is 3.08. The van der Waals surface area contributed by atoms with Crippen LogP contribution in [0.3, 0.4) is 0 Å². The van der Waals surface area contributed by atoms with Crippen LogP contribution in [0.15, 0.2) is 30.5 Å². The summed E-state index contributed by atoms with van der Waals surface area (Å²) in [6.45, 7) is 1.13. The molecule has 0 spiro atoms. The molecule has 1 aromatic carbocycles. The minimum Gasteiger partial charge on any atom is -0.493 e. The van der Waals surface area contributed by atoms with Crippen LogP contribution >= 0.6 is 0 Å². The van der Waals surface area contributed by atoms with Crippen molar-refractivity contribution in [2.75, 3.05) is 6.61 Å². The van der Waals surface area contributed by atoms with Gasteiger partial charge in [-0.3, -0.25) is 4.68 Å². The van der Waals surface area contributed by atoms with Crippen molar-refractivity contribution in [2.45, 2.75) is 25.6 Å². The molecule has 1 aliphatic heterocycles. The molecule has 0 amide bonds. The molecule has 0 saturated carbocycles. The van der Waals surface area contributed by atoms with Gasteiger partial charge in [0, 0.05) is 19.2 Å². The molecule has 0 bridgehead atoms. The SMILES string of the molecule is FC(F)(F)c1ccn(CCc2ccc3c(c2)CCO3)n1. The molecule has 0 N–H and O–H groups in total. The van der Waals surface area contributed by atoms with Crippen LogP contribution < -0.4 is 4.74 Å². The molecule has 6 heteroatoms. The second kappa shape index (κ2) is 4.85. The van der Waals surface area contributed by atoms with Gasteiger partial charge in [0.1, 0.15) is 5.75 Å². The van der Waals surface area contributed by atoms with Gasteiger partial charge in [0.05, 0.1) is 6.61 Å². The lowest BCUT2D eigenvalue weighted by molar-refractivity contribution is -0.141. The first kappa shape index (κ1) is 13.0. The van der Waals surface area contributed by atoms with Crippen molar-refractivity contribution in [3.8, 4) is 5.75 Å². The van der Waals surface area contributed by atoms with Crippen molar-refractivity contribution in [3.05, 3.63) is 47.3 Å². The Bertz CT molecular complexity index is 619. The van der Waals surface area contributed by atoms with Crippen LogP contribution in [0.5, 0.6) is 5.75 Å². The molecule has 0 aliphatic carbocycles. The number of aromatic nitrogens is 2. The van der Waals surface area contributed by atoms with Gasteiger partial charge in [0.25, 0.3) is 0 Å². The molecule has 3 rings (SSSR count). The third-order valence-corrected chi connectivity index (χ3v) is 3.31. The fourth-order valence-electron chi connectivity index (χ4n) is 2.28. The lowest BCUT2D eigenvalue weighted by atomic mass is 10.1. The second-order valence-corrected chi connectivity index (χ2v) is 4.75. The maximum absolute atomic E-state index is 12.4. The Morgan fingerprint density at radius 2 is 2.10 bits per heavy atom. The molecule has 1 aliphatic rings. The van der Waals surface area contributed by atoms with Crippen molar-refractivity contribution in [3.63, 3.8) is 0 Å². The smallest absolute Gasteiger partial charge is 0.435 e. The van der Waals surface area contributed by atoms with Crippen LogP contribution in [-0.2, 0) is 25.6 Å². The molecule has 0 fully saturated rings. The number of fused-ring (bicyclic) bond motifs is 1. The third-order valence-electron chi connectivity index (χ3n) is 3.31. The summed E-state index contributed by atoms with van der Waals surface area (Å²) in [4.78, 5) is 0. The van der Waals surface area contributed by atoms with Crippen LogP contribution in [0, 0.1) is 0 Å². The largest absolute Gasteiger partial charge is 0.493 e. The fourth-order valence-corrected chi connectivity index (χ4v) is 2.28. The van der Waals surface area contributed by atoms with Gasteiger partial charge in [0.2, 0.25) is 0 Å². The number of alkyl halides is 3. The molecule has 0 unspecified atom stereocenters. The Labute approximate surface area is 114 Å². The predicted molar refractivity (Wildman–Crippen MR) is 66.6 cm³/mol. The highest BCUT2D eigenvalue weighted by Gasteiger charge is 2.33. The lowest BCUT2D eigenvalue weighted by Gasteiger charge is -2.05. The van der Waals surface area contributed by atoms with E-state index in [1.165, 1.54) is 16.4 Å². The number of nitrogens with zero attached hydrogens (tertiary/aromatic N) is 2. The van der Waals surface area contributed by atoms with E-state index in [0.717, 1.165) is 23.8 Å². The van der Waals surface area contributed by atoms with Crippen molar-refractivity contribution < 1.29 is 17.9 Å². The zero-order valence-corrected chi connectivity index (χ0v) is 10.7. The molecule has 2 aromatic rings. The summed E-state index contributed by atoms with van der Waals surface area (Å²) in [5.74, 6) is 0.909. The standard InChI is InChI=1S/C14H13F3N2O/c15-14(16,17)13-4-7-19(18-13)6-3-10-1-2-12-11(9-10)5-8-20-12/h1-2,4,7,9H,3,5-6,8H2. The number of ether oxygens (including phenoxy) is 1. The Balaban J connectivity index is 1.66. The number of halogens is 3. The van der Waals surface area contributed by atoms with E-state index in [2.05, 4.69) is 11.2 Å². The van der Waals surface area contributed by atoms with Gasteiger partial charge in [-0.25, -0.2) is 0 Å². The molecule has 2 heterocycles. The van der Waals surface area contributed by atoms with E-state index in [1.54, 1.807) is 0 Å². The number of hydrogen-bond acceptors (Lipinski definition) is 2. The summed E-state index contributed by atoms with van der Waals surface area (Å²) >= 11 is 0. The molecular formula is C14H13F3N2O. The van der Waals surface area contributed by atoms with Gasteiger partial charge in [-0.2, -0.15) is 18.3 Å². The molecule has 3 nitrogen and oxygen atoms in total. The number of benzene rings is 1. The summed E-state index contributed by atoms with van der Waals surface area (Å²) in [6.07, 6.45) is -1.48. The highest BCUT2D eigenvalue weighted by atomic mass is 19.4. The first-order valence-electron chi connectivity index (χ1n) is 6.37. The van der Waals surface area contributed by atoms with E-state index in [4.69, 9.17) is 4.74 Å². The maximum atomic E-state index is 12.4. The normalized spacial score (nSPS) is 14.2. The van der Waals surface area contributed by atoms with Gasteiger partial charge in [-0.05, 0) is 29.7 Å². The van der Waals surface area contributed by atoms with Crippen molar-refractivity contribution in [1.82, 2.24) is 9.78 Å². The van der Waals surface area contributed by atoms with Crippen LogP contribution in [0.1, 0.15) is 16.8 Å². The molecule has 0 radical (unpaired) electrons. The van der Waals surface area contributed by atoms with Crippen molar-refractivity contribution in [1.29, 1.82) is 0 Å². The average molecular weight is 282 g/mol. The van der Waals surface area contributed by atoms with E-state index in [-0.39, 0.29) is 0 Å². The first-order valence-corrected chi connectivity index (χ1v) is 6.37. The summed E-state index contributed by atoms with van der Waals surface area (Å²) in [7, 11) is 0. The minimum absolute atomic E-state index is 0.426. The van der Waals surface area contributed by atoms with E-state index < -0.39 is 11.9 Å². The molecule has 20 heavy (non-hydrogen) atoms. The Hall–Kier alpha value is -1.98. The van der Waals surface area contributed by atoms with Gasteiger partial charge in [-0.15, -0.1) is 0 Å². The van der Waals surface area contributed by atoms with E-state index in [1.807, 2.05) is 12.1 Å². The number of aryl methyl sites for hydroxylation is 2. The summed E-state index contributed by atoms with van der Waals surface area (Å²) in [5, 5.41) is 3.54. The second-order valence-electron chi connectivity index (χ2n) is 4.75. The highest BCUT2D eigenvalue weighted by Crippen LogP contribution is 2.28. The minimum atomic E-state index is -4.38. The summed E-state index contributed by atoms with van der Waals surface area (Å²) in [6, 6.07) is 6.91. The monoisotopic (exact) mass is 282 g/mol. The Morgan fingerprint density at radius 3 is 2.85 bits per heavy atom. The van der Waals surface area contributed by atoms with E-state index >= 15 is 0 Å². The van der Waals surface area contributed by atoms with E-state index in [0.29, 0.717) is 19.6 Å². The third kappa shape index (κ3) is 2.64. The van der Waals surface area contributed by atoms with Crippen LogP contribution in [-0.4, -0.2) is 16.4 Å². The number of rotatable bonds is 3. The van der Waals surface area contributed by atoms with E-state index in [9.17, 15) is 13.2 Å². The van der Waals surface area contributed by atoms with Crippen LogP contribution in [0.25, 0.3) is 0 Å². The van der Waals surface area contributed by atoms with Crippen LogP contribution in [0.4, 0.5) is 13.2 Å². The van der Waals surface area contributed by atoms with Crippen LogP contribution in [0.2, 0.25) is 0 Å². The summed E-state index contributed by atoms with van der Waals surface area (Å²) < 4.78 is 44.0. The molecule has 0 saturated heterocycles. The number of hydrogen-bond donors (Lipinski definition) is 0. The highest BCUT2D eigenvalue weighted by molar-refractivity contribution is 5.39. The van der Waals surface area contributed by atoms with Gasteiger partial charge < -0.3 is 4.74 Å².